The first kappa shape index (κ1) is 15.1. The Balaban J connectivity index is 2.34. The van der Waals surface area contributed by atoms with Gasteiger partial charge in [0.25, 0.3) is 0 Å². The summed E-state index contributed by atoms with van der Waals surface area (Å²) in [6.07, 6.45) is 0. The van der Waals surface area contributed by atoms with Gasteiger partial charge < -0.3 is 10.2 Å². The number of anilines is 2. The molecule has 0 spiro atoms. The number of hydrogen-bond acceptors (Lipinski definition) is 2. The van der Waals surface area contributed by atoms with Crippen LogP contribution in [0.5, 0.6) is 0 Å². The molecule has 0 aliphatic rings. The van der Waals surface area contributed by atoms with Gasteiger partial charge in [-0.15, -0.1) is 0 Å². The van der Waals surface area contributed by atoms with Crippen molar-refractivity contribution in [2.45, 2.75) is 20.4 Å². The molecule has 0 bridgehead atoms. The molecule has 0 unspecified atom stereocenters. The highest BCUT2D eigenvalue weighted by Crippen LogP contribution is 2.32. The van der Waals surface area contributed by atoms with Crippen LogP contribution in [0.25, 0.3) is 0 Å². The van der Waals surface area contributed by atoms with E-state index in [4.69, 9.17) is 0 Å². The number of hydrogen-bond donors (Lipinski definition) is 1. The Kier molecular flexibility index (Phi) is 5.21. The van der Waals surface area contributed by atoms with Gasteiger partial charge in [-0.3, -0.25) is 0 Å². The molecule has 0 aromatic heterocycles. The summed E-state index contributed by atoms with van der Waals surface area (Å²) in [4.78, 5) is 2.31. The van der Waals surface area contributed by atoms with Crippen LogP contribution in [0, 0.1) is 6.92 Å². The quantitative estimate of drug-likeness (QED) is 0.858. The molecule has 3 heteroatoms. The first-order valence-corrected chi connectivity index (χ1v) is 7.72. The third-order valence-electron chi connectivity index (χ3n) is 3.35. The van der Waals surface area contributed by atoms with Crippen molar-refractivity contribution in [1.82, 2.24) is 5.32 Å². The van der Waals surface area contributed by atoms with E-state index >= 15 is 0 Å². The van der Waals surface area contributed by atoms with Gasteiger partial charge in [-0.2, -0.15) is 0 Å². The normalized spacial score (nSPS) is 10.6. The van der Waals surface area contributed by atoms with E-state index in [0.29, 0.717) is 0 Å². The van der Waals surface area contributed by atoms with Gasteiger partial charge >= 0.3 is 0 Å². The fraction of sp³-hybridized carbons (Fsp3) is 0.294. The van der Waals surface area contributed by atoms with Crippen molar-refractivity contribution in [3.05, 3.63) is 58.1 Å². The zero-order chi connectivity index (χ0) is 14.5. The van der Waals surface area contributed by atoms with Crippen LogP contribution in [0.4, 0.5) is 11.4 Å². The summed E-state index contributed by atoms with van der Waals surface area (Å²) in [5.41, 5.74) is 4.99. The molecule has 0 aliphatic heterocycles. The Morgan fingerprint density at radius 1 is 1.10 bits per heavy atom. The third-order valence-corrected chi connectivity index (χ3v) is 3.98. The number of aryl methyl sites for hydroxylation is 1. The molecule has 0 saturated carbocycles. The smallest absolute Gasteiger partial charge is 0.0555 e. The zero-order valence-electron chi connectivity index (χ0n) is 12.3. The fourth-order valence-corrected chi connectivity index (χ4v) is 2.94. The molecular weight excluding hydrogens is 312 g/mol. The third kappa shape index (κ3) is 3.41. The summed E-state index contributed by atoms with van der Waals surface area (Å²) in [7, 11) is 1.96. The maximum atomic E-state index is 3.70. The van der Waals surface area contributed by atoms with Crippen molar-refractivity contribution in [2.24, 2.45) is 0 Å². The maximum Gasteiger partial charge on any atom is 0.0555 e. The van der Waals surface area contributed by atoms with Gasteiger partial charge in [-0.1, -0.05) is 23.8 Å². The van der Waals surface area contributed by atoms with E-state index in [1.165, 1.54) is 22.5 Å². The molecule has 0 fully saturated rings. The first-order valence-electron chi connectivity index (χ1n) is 6.93. The predicted molar refractivity (Wildman–Crippen MR) is 90.8 cm³/mol. The van der Waals surface area contributed by atoms with E-state index in [1.807, 2.05) is 7.05 Å². The molecule has 2 aromatic carbocycles. The topological polar surface area (TPSA) is 15.3 Å². The fourth-order valence-electron chi connectivity index (χ4n) is 2.30. The Morgan fingerprint density at radius 2 is 1.80 bits per heavy atom. The molecule has 1 N–H and O–H groups in total. The van der Waals surface area contributed by atoms with E-state index in [0.717, 1.165) is 17.6 Å². The summed E-state index contributed by atoms with van der Waals surface area (Å²) < 4.78 is 1.13. The van der Waals surface area contributed by atoms with Gasteiger partial charge in [0.05, 0.1) is 5.69 Å². The average Bonchev–Trinajstić information content (AvgIpc) is 2.44. The average molecular weight is 333 g/mol. The summed E-state index contributed by atoms with van der Waals surface area (Å²) in [5, 5.41) is 3.18. The second kappa shape index (κ2) is 6.91. The largest absolute Gasteiger partial charge is 0.341 e. The van der Waals surface area contributed by atoms with Crippen molar-refractivity contribution >= 4 is 27.3 Å². The molecule has 0 saturated heterocycles. The van der Waals surface area contributed by atoms with Crippen LogP contribution in [0.2, 0.25) is 0 Å². The van der Waals surface area contributed by atoms with Crippen LogP contribution < -0.4 is 10.2 Å². The van der Waals surface area contributed by atoms with Crippen LogP contribution in [0.15, 0.2) is 46.9 Å². The highest BCUT2D eigenvalue weighted by atomic mass is 79.9. The maximum absolute atomic E-state index is 3.70. The zero-order valence-corrected chi connectivity index (χ0v) is 13.9. The minimum absolute atomic E-state index is 0.884. The van der Waals surface area contributed by atoms with Crippen LogP contribution in [0.3, 0.4) is 0 Å². The Morgan fingerprint density at radius 3 is 2.35 bits per heavy atom. The van der Waals surface area contributed by atoms with Crippen LogP contribution >= 0.6 is 15.9 Å². The van der Waals surface area contributed by atoms with Gasteiger partial charge in [0.2, 0.25) is 0 Å². The predicted octanol–water partition coefficient (Wildman–Crippen LogP) is 4.63. The van der Waals surface area contributed by atoms with Crippen molar-refractivity contribution in [2.75, 3.05) is 18.5 Å². The van der Waals surface area contributed by atoms with Crippen LogP contribution in [-0.2, 0) is 6.54 Å². The lowest BCUT2D eigenvalue weighted by Crippen LogP contribution is -2.16. The molecule has 2 aromatic rings. The SMILES string of the molecule is CCN(c1ccc(C)cc1)c1ccc(CNC)cc1Br. The number of nitrogens with zero attached hydrogens (tertiary/aromatic N) is 1. The van der Waals surface area contributed by atoms with Gasteiger partial charge in [0, 0.05) is 23.2 Å². The van der Waals surface area contributed by atoms with E-state index in [1.54, 1.807) is 0 Å². The molecule has 0 heterocycles. The Bertz CT molecular complexity index is 564. The van der Waals surface area contributed by atoms with Crippen molar-refractivity contribution in [3.63, 3.8) is 0 Å². The van der Waals surface area contributed by atoms with E-state index in [9.17, 15) is 0 Å². The molecule has 0 radical (unpaired) electrons. The summed E-state index contributed by atoms with van der Waals surface area (Å²) in [5.74, 6) is 0. The van der Waals surface area contributed by atoms with E-state index in [2.05, 4.69) is 82.5 Å². The van der Waals surface area contributed by atoms with Gasteiger partial charge in [-0.25, -0.2) is 0 Å². The second-order valence-corrected chi connectivity index (χ2v) is 5.75. The summed E-state index contributed by atoms with van der Waals surface area (Å²) in [6, 6.07) is 15.2. The summed E-state index contributed by atoms with van der Waals surface area (Å²) in [6.45, 7) is 6.11. The lowest BCUT2D eigenvalue weighted by molar-refractivity contribution is 0.817. The highest BCUT2D eigenvalue weighted by molar-refractivity contribution is 9.10. The lowest BCUT2D eigenvalue weighted by Gasteiger charge is -2.25. The van der Waals surface area contributed by atoms with Crippen molar-refractivity contribution in [3.8, 4) is 0 Å². The van der Waals surface area contributed by atoms with Crippen LogP contribution in [0.1, 0.15) is 18.1 Å². The molecule has 2 nitrogen and oxygen atoms in total. The number of rotatable bonds is 5. The molecule has 0 amide bonds. The molecule has 106 valence electrons. The molecule has 0 aliphatic carbocycles. The monoisotopic (exact) mass is 332 g/mol. The highest BCUT2D eigenvalue weighted by Gasteiger charge is 2.11. The van der Waals surface area contributed by atoms with E-state index < -0.39 is 0 Å². The number of benzene rings is 2. The van der Waals surface area contributed by atoms with Gasteiger partial charge in [0.1, 0.15) is 0 Å². The van der Waals surface area contributed by atoms with Gasteiger partial charge in [-0.05, 0) is 66.7 Å². The minimum atomic E-state index is 0.884. The first-order chi connectivity index (χ1) is 9.65. The minimum Gasteiger partial charge on any atom is -0.341 e. The standard InChI is InChI=1S/C17H21BrN2/c1-4-20(15-8-5-13(2)6-9-15)17-10-7-14(12-19-3)11-16(17)18/h5-11,19H,4,12H2,1-3H3. The molecule has 0 atom stereocenters. The number of nitrogens with one attached hydrogen (secondary N) is 1. The molecule has 2 rings (SSSR count). The second-order valence-electron chi connectivity index (χ2n) is 4.90. The van der Waals surface area contributed by atoms with E-state index in [-0.39, 0.29) is 0 Å². The molecule has 20 heavy (non-hydrogen) atoms. The van der Waals surface area contributed by atoms with Crippen molar-refractivity contribution in [1.29, 1.82) is 0 Å². The number of halogens is 1. The van der Waals surface area contributed by atoms with Crippen LogP contribution in [-0.4, -0.2) is 13.6 Å². The van der Waals surface area contributed by atoms with Gasteiger partial charge in [0.15, 0.2) is 0 Å². The summed E-state index contributed by atoms with van der Waals surface area (Å²) >= 11 is 3.70. The van der Waals surface area contributed by atoms with Crippen molar-refractivity contribution < 1.29 is 0 Å². The lowest BCUT2D eigenvalue weighted by atomic mass is 10.1. The molecular formula is C17H21BrN2. The Labute approximate surface area is 129 Å². The Hall–Kier alpha value is -1.32.